The number of fused-ring (bicyclic) bond motifs is 13. The Kier molecular flexibility index (Phi) is 8.89. The number of furan rings is 1. The lowest BCUT2D eigenvalue weighted by molar-refractivity contribution is 0.569. The molecule has 14 aromatic carbocycles. The average molecular weight is 1280 g/mol. The van der Waals surface area contributed by atoms with Crippen LogP contribution >= 0.6 is 0 Å². The van der Waals surface area contributed by atoms with Crippen LogP contribution in [0.15, 0.2) is 313 Å². The van der Waals surface area contributed by atoms with Crippen molar-refractivity contribution in [2.24, 2.45) is 0 Å². The largest absolute Gasteiger partial charge is 0.452 e. The van der Waals surface area contributed by atoms with Crippen LogP contribution in [0.2, 0.25) is 0 Å². The number of hydrogen-bond donors (Lipinski definition) is 0. The molecule has 2 aliphatic heterocycles. The van der Waals surface area contributed by atoms with Crippen LogP contribution in [0.4, 0.5) is 34.1 Å². The molecule has 5 nitrogen and oxygen atoms in total. The smallest absolute Gasteiger partial charge is 0.252 e. The van der Waals surface area contributed by atoms with E-state index in [0.717, 1.165) is 44.4 Å². The van der Waals surface area contributed by atoms with E-state index >= 15 is 0 Å². The van der Waals surface area contributed by atoms with E-state index in [1.165, 1.54) is 9.13 Å². The summed E-state index contributed by atoms with van der Waals surface area (Å²) in [6, 6.07) is 47.8. The standard InChI is InChI=1S/C92H69BN4O/c1-91(2,3)66-49-64(50-67(56-66)92(4,5)6)65-54-86-88-87(55-65)97(83-43-25-37-75-74-36-24-42-82(89(74)98-90(75)83)96-80-40-22-18-34-72(80)73-35-19-23-41-81(73)96)85-57-68(94-78-38-20-16-32-70(78)71-33-17-21-39-79(71)94)45-47-77(85)93(88)76-46-44-61(58-26-10-7-11-27-58)53-84(76)95(86)69-51-62(59-28-12-8-13-29-59)48-63(52-69)60-30-14-9-15-31-60/h7-57H,1-6H3/i7D,10D,11D,16D,17D,18D,19D,20D,21D,22D,23D,26D,27D,32D,33D,34D,35D,38D,39D,40D,41D. The second kappa shape index (κ2) is 21.8. The third-order valence-corrected chi connectivity index (χ3v) is 19.5. The Hall–Kier alpha value is -11.9. The van der Waals surface area contributed by atoms with E-state index in [1.54, 1.807) is 24.3 Å². The Morgan fingerprint density at radius 2 is 0.745 bits per heavy atom. The third kappa shape index (κ3) is 9.01. The molecule has 17 aromatic rings. The first-order valence-corrected chi connectivity index (χ1v) is 32.6. The Balaban J connectivity index is 1.00. The normalized spacial score (nSPS) is 15.9. The molecule has 5 heterocycles. The summed E-state index contributed by atoms with van der Waals surface area (Å²) in [5, 5.41) is 0.467. The molecule has 0 fully saturated rings. The first kappa shape index (κ1) is 39.9. The summed E-state index contributed by atoms with van der Waals surface area (Å²) in [4.78, 5) is 4.25. The molecule has 6 heteroatoms. The molecule has 0 saturated carbocycles. The summed E-state index contributed by atoms with van der Waals surface area (Å²) in [5.41, 5.74) is 12.1. The van der Waals surface area contributed by atoms with Crippen molar-refractivity contribution in [1.82, 2.24) is 9.13 Å². The molecular weight excluding hydrogens is 1190 g/mol. The van der Waals surface area contributed by atoms with Crippen LogP contribution in [0, 0.1) is 0 Å². The maximum absolute atomic E-state index is 9.80. The molecule has 3 aromatic heterocycles. The lowest BCUT2D eigenvalue weighted by atomic mass is 9.33. The fourth-order valence-corrected chi connectivity index (χ4v) is 14.8. The molecule has 0 spiro atoms. The van der Waals surface area contributed by atoms with E-state index < -0.39 is 144 Å². The Morgan fingerprint density at radius 3 is 1.30 bits per heavy atom. The van der Waals surface area contributed by atoms with Crippen LogP contribution < -0.4 is 26.2 Å². The van der Waals surface area contributed by atoms with Crippen molar-refractivity contribution in [1.29, 1.82) is 0 Å². The summed E-state index contributed by atoms with van der Waals surface area (Å²) in [7, 11) is 0. The highest BCUT2D eigenvalue weighted by molar-refractivity contribution is 7.00. The first-order valence-electron chi connectivity index (χ1n) is 43.1. The molecule has 0 atom stereocenters. The van der Waals surface area contributed by atoms with E-state index in [-0.39, 0.29) is 71.7 Å². The molecule has 0 aliphatic carbocycles. The number of aromatic nitrogens is 2. The molecule has 98 heavy (non-hydrogen) atoms. The summed E-state index contributed by atoms with van der Waals surface area (Å²) in [6.07, 6.45) is 0. The van der Waals surface area contributed by atoms with Crippen molar-refractivity contribution < 1.29 is 33.2 Å². The van der Waals surface area contributed by atoms with Gasteiger partial charge in [-0.25, -0.2) is 0 Å². The highest BCUT2D eigenvalue weighted by Gasteiger charge is 2.45. The van der Waals surface area contributed by atoms with E-state index in [4.69, 9.17) is 16.8 Å². The summed E-state index contributed by atoms with van der Waals surface area (Å²) < 4.78 is 206. The lowest BCUT2D eigenvalue weighted by Crippen LogP contribution is -2.61. The number of rotatable bonds is 8. The van der Waals surface area contributed by atoms with E-state index in [1.807, 2.05) is 109 Å². The van der Waals surface area contributed by atoms with Gasteiger partial charge in [-0.2, -0.15) is 0 Å². The van der Waals surface area contributed by atoms with Crippen LogP contribution in [0.25, 0.3) is 121 Å². The van der Waals surface area contributed by atoms with Gasteiger partial charge in [0.1, 0.15) is 0 Å². The van der Waals surface area contributed by atoms with Crippen molar-refractivity contribution in [2.45, 2.75) is 52.4 Å². The molecule has 0 bridgehead atoms. The van der Waals surface area contributed by atoms with Crippen molar-refractivity contribution in [3.05, 3.63) is 320 Å². The zero-order valence-corrected chi connectivity index (χ0v) is 54.1. The molecule has 0 amide bonds. The highest BCUT2D eigenvalue weighted by atomic mass is 16.3. The van der Waals surface area contributed by atoms with Gasteiger partial charge in [0.25, 0.3) is 6.71 Å². The van der Waals surface area contributed by atoms with Crippen LogP contribution in [0.1, 0.15) is 81.5 Å². The molecule has 0 radical (unpaired) electrons. The van der Waals surface area contributed by atoms with Crippen molar-refractivity contribution >= 4 is 123 Å². The van der Waals surface area contributed by atoms with E-state index in [9.17, 15) is 16.4 Å². The number of nitrogens with zero attached hydrogens (tertiary/aromatic N) is 4. The van der Waals surface area contributed by atoms with Gasteiger partial charge in [0, 0.05) is 66.4 Å². The van der Waals surface area contributed by atoms with Crippen LogP contribution in [0.5, 0.6) is 0 Å². The van der Waals surface area contributed by atoms with Gasteiger partial charge < -0.3 is 23.4 Å². The summed E-state index contributed by atoms with van der Waals surface area (Å²) in [6.45, 7) is 12.2. The van der Waals surface area contributed by atoms with Gasteiger partial charge in [-0.1, -0.05) is 266 Å². The number of para-hydroxylation sites is 6. The number of benzene rings is 14. The Labute approximate surface area is 600 Å². The first-order chi connectivity index (χ1) is 56.6. The van der Waals surface area contributed by atoms with E-state index in [2.05, 4.69) is 99.9 Å². The Bertz CT molecular complexity index is 7160. The molecule has 0 saturated heterocycles. The topological polar surface area (TPSA) is 29.5 Å². The van der Waals surface area contributed by atoms with Gasteiger partial charge in [0.05, 0.1) is 62.2 Å². The molecule has 0 N–H and O–H groups in total. The number of anilines is 6. The van der Waals surface area contributed by atoms with Crippen LogP contribution in [0.3, 0.4) is 0 Å². The Morgan fingerprint density at radius 1 is 0.296 bits per heavy atom. The highest BCUT2D eigenvalue weighted by Crippen LogP contribution is 2.52. The summed E-state index contributed by atoms with van der Waals surface area (Å²) in [5.74, 6) is 0. The minimum atomic E-state index is -0.824. The zero-order chi connectivity index (χ0) is 84.0. The molecular formula is C92H69BN4O. The molecule has 2 aliphatic rings. The SMILES string of the molecule is [2H]c1c([2H])c([2H])c(-c2ccc3c(c2)N(c2cc(-c4ccccc4)cc(-c4ccccc4)c2)c2cc(-c4cc(C(C)(C)C)cc(C(C)(C)C)c4)cc4c2B3c2ccc(-n3c5c([2H])c([2H])c([2H])c([2H])c5c5c([2H])c([2H])c([2H])c([2H])c53)cc2N4c2cccc3c2oc2c(-n4c5c([2H])c([2H])c([2H])c([2H])c5c5c([2H])c([2H])c([2H])c([2H])c54)cccc23)c([2H])c1[2H]. The van der Waals surface area contributed by atoms with Crippen molar-refractivity contribution in [3.8, 4) is 55.9 Å². The second-order valence-electron chi connectivity index (χ2n) is 27.3. The van der Waals surface area contributed by atoms with Gasteiger partial charge >= 0.3 is 0 Å². The predicted octanol–water partition coefficient (Wildman–Crippen LogP) is 23.1. The van der Waals surface area contributed by atoms with Gasteiger partial charge in [0.15, 0.2) is 11.2 Å². The van der Waals surface area contributed by atoms with Gasteiger partial charge in [0.2, 0.25) is 0 Å². The second-order valence-corrected chi connectivity index (χ2v) is 27.3. The third-order valence-electron chi connectivity index (χ3n) is 19.5. The predicted molar refractivity (Wildman–Crippen MR) is 416 cm³/mol. The quantitative estimate of drug-likeness (QED) is 0.142. The number of hydrogen-bond acceptors (Lipinski definition) is 3. The van der Waals surface area contributed by atoms with Gasteiger partial charge in [-0.3, -0.25) is 0 Å². The maximum Gasteiger partial charge on any atom is 0.252 e. The van der Waals surface area contributed by atoms with Gasteiger partial charge in [-0.05, 0) is 168 Å². The van der Waals surface area contributed by atoms with Crippen LogP contribution in [-0.2, 0) is 10.8 Å². The van der Waals surface area contributed by atoms with Crippen molar-refractivity contribution in [2.75, 3.05) is 9.80 Å². The van der Waals surface area contributed by atoms with Crippen LogP contribution in [-0.4, -0.2) is 15.8 Å². The summed E-state index contributed by atoms with van der Waals surface area (Å²) >= 11 is 0. The van der Waals surface area contributed by atoms with Crippen molar-refractivity contribution in [3.63, 3.8) is 0 Å². The average Bonchev–Trinajstić information content (AvgIpc) is 1.69. The minimum absolute atomic E-state index is 0.0354. The maximum atomic E-state index is 9.80. The zero-order valence-electron chi connectivity index (χ0n) is 75.1. The van der Waals surface area contributed by atoms with E-state index in [0.29, 0.717) is 66.9 Å². The molecule has 466 valence electrons. The molecule has 0 unspecified atom stereocenters. The molecule has 19 rings (SSSR count). The minimum Gasteiger partial charge on any atom is -0.452 e. The fourth-order valence-electron chi connectivity index (χ4n) is 14.8. The monoisotopic (exact) mass is 1280 g/mol. The lowest BCUT2D eigenvalue weighted by Gasteiger charge is -2.45. The van der Waals surface area contributed by atoms with Gasteiger partial charge in [-0.15, -0.1) is 0 Å². The fraction of sp³-hybridized carbons (Fsp3) is 0.0870.